The van der Waals surface area contributed by atoms with Gasteiger partial charge in [0.25, 0.3) is 0 Å². The van der Waals surface area contributed by atoms with E-state index in [0.717, 1.165) is 38.2 Å². The summed E-state index contributed by atoms with van der Waals surface area (Å²) in [5, 5.41) is 2.85. The summed E-state index contributed by atoms with van der Waals surface area (Å²) < 4.78 is 18.8. The van der Waals surface area contributed by atoms with Gasteiger partial charge in [-0.25, -0.2) is 4.39 Å². The number of ether oxygens (including phenoxy) is 1. The second kappa shape index (κ2) is 9.20. The van der Waals surface area contributed by atoms with Gasteiger partial charge in [-0.3, -0.25) is 9.69 Å². The Kier molecular flexibility index (Phi) is 6.69. The van der Waals surface area contributed by atoms with Crippen LogP contribution in [-0.2, 0) is 11.3 Å². The summed E-state index contributed by atoms with van der Waals surface area (Å²) in [7, 11) is 0. The molecule has 3 rings (SSSR count). The zero-order chi connectivity index (χ0) is 19.2. The van der Waals surface area contributed by atoms with E-state index >= 15 is 0 Å². The number of nitrogens with zero attached hydrogens (tertiary/aromatic N) is 1. The first-order valence-corrected chi connectivity index (χ1v) is 9.63. The second-order valence-corrected chi connectivity index (χ2v) is 7.16. The highest BCUT2D eigenvalue weighted by Gasteiger charge is 2.25. The third-order valence-electron chi connectivity index (χ3n) is 4.76. The largest absolute Gasteiger partial charge is 0.494 e. The van der Waals surface area contributed by atoms with Crippen molar-refractivity contribution in [3.8, 4) is 5.75 Å². The molecule has 0 bridgehead atoms. The van der Waals surface area contributed by atoms with E-state index < -0.39 is 5.82 Å². The first-order valence-electron chi connectivity index (χ1n) is 9.25. The van der Waals surface area contributed by atoms with Gasteiger partial charge in [-0.15, -0.1) is 0 Å². The average Bonchev–Trinajstić information content (AvgIpc) is 2.66. The van der Waals surface area contributed by atoms with Crippen LogP contribution in [0.5, 0.6) is 5.75 Å². The van der Waals surface area contributed by atoms with Crippen LogP contribution in [0, 0.1) is 11.7 Å². The predicted octanol–water partition coefficient (Wildman–Crippen LogP) is 4.73. The normalized spacial score (nSPS) is 15.5. The van der Waals surface area contributed by atoms with E-state index in [4.69, 9.17) is 16.3 Å². The summed E-state index contributed by atoms with van der Waals surface area (Å²) in [5.74, 6) is 0.328. The van der Waals surface area contributed by atoms with Crippen molar-refractivity contribution in [3.63, 3.8) is 0 Å². The molecule has 0 radical (unpaired) electrons. The number of piperidine rings is 1. The molecule has 0 unspecified atom stereocenters. The van der Waals surface area contributed by atoms with Gasteiger partial charge in [0.15, 0.2) is 0 Å². The highest BCUT2D eigenvalue weighted by atomic mass is 35.5. The molecule has 4 nitrogen and oxygen atoms in total. The molecular formula is C21H24ClFN2O2. The van der Waals surface area contributed by atoms with Crippen LogP contribution in [0.2, 0.25) is 5.02 Å². The van der Waals surface area contributed by atoms with Crippen molar-refractivity contribution < 1.29 is 13.9 Å². The summed E-state index contributed by atoms with van der Waals surface area (Å²) in [6.07, 6.45) is 1.60. The molecule has 2 aromatic carbocycles. The van der Waals surface area contributed by atoms with Gasteiger partial charge in [0, 0.05) is 18.2 Å². The lowest BCUT2D eigenvalue weighted by Gasteiger charge is -2.31. The van der Waals surface area contributed by atoms with E-state index in [9.17, 15) is 9.18 Å². The molecule has 0 atom stereocenters. The van der Waals surface area contributed by atoms with E-state index in [2.05, 4.69) is 22.3 Å². The van der Waals surface area contributed by atoms with E-state index in [1.54, 1.807) is 0 Å². The average molecular weight is 391 g/mol. The summed E-state index contributed by atoms with van der Waals surface area (Å²) in [5.41, 5.74) is 1.74. The van der Waals surface area contributed by atoms with Crippen molar-refractivity contribution in [2.75, 3.05) is 25.0 Å². The summed E-state index contributed by atoms with van der Waals surface area (Å²) in [4.78, 5) is 14.8. The van der Waals surface area contributed by atoms with Crippen molar-refractivity contribution in [2.24, 2.45) is 5.92 Å². The molecule has 0 saturated carbocycles. The van der Waals surface area contributed by atoms with E-state index in [1.165, 1.54) is 23.8 Å². The molecule has 1 aliphatic rings. The number of amides is 1. The molecule has 27 heavy (non-hydrogen) atoms. The Hall–Kier alpha value is -2.11. The molecule has 0 spiro atoms. The van der Waals surface area contributed by atoms with Gasteiger partial charge in [0.1, 0.15) is 11.6 Å². The van der Waals surface area contributed by atoms with Crippen LogP contribution in [0.3, 0.4) is 0 Å². The number of nitrogens with one attached hydrogen (secondary N) is 1. The minimum absolute atomic E-state index is 0.0110. The van der Waals surface area contributed by atoms with E-state index in [1.807, 2.05) is 19.1 Å². The molecule has 1 aliphatic heterocycles. The predicted molar refractivity (Wildman–Crippen MR) is 106 cm³/mol. The number of rotatable bonds is 6. The maximum absolute atomic E-state index is 13.2. The van der Waals surface area contributed by atoms with Crippen LogP contribution in [-0.4, -0.2) is 30.5 Å². The van der Waals surface area contributed by atoms with Gasteiger partial charge < -0.3 is 10.1 Å². The minimum Gasteiger partial charge on any atom is -0.494 e. The number of likely N-dealkylation sites (tertiary alicyclic amines) is 1. The van der Waals surface area contributed by atoms with E-state index in [0.29, 0.717) is 12.3 Å². The Bertz CT molecular complexity index is 792. The highest BCUT2D eigenvalue weighted by Crippen LogP contribution is 2.24. The fourth-order valence-corrected chi connectivity index (χ4v) is 3.51. The Morgan fingerprint density at radius 2 is 2.04 bits per heavy atom. The molecule has 1 N–H and O–H groups in total. The van der Waals surface area contributed by atoms with Gasteiger partial charge in [0.2, 0.25) is 5.91 Å². The lowest BCUT2D eigenvalue weighted by atomic mass is 9.95. The molecule has 144 valence electrons. The Morgan fingerprint density at radius 3 is 2.74 bits per heavy atom. The number of hydrogen-bond acceptors (Lipinski definition) is 3. The quantitative estimate of drug-likeness (QED) is 0.775. The van der Waals surface area contributed by atoms with Crippen LogP contribution in [0.15, 0.2) is 42.5 Å². The summed E-state index contributed by atoms with van der Waals surface area (Å²) in [6, 6.07) is 12.4. The van der Waals surface area contributed by atoms with E-state index in [-0.39, 0.29) is 16.8 Å². The molecule has 1 fully saturated rings. The zero-order valence-corrected chi connectivity index (χ0v) is 16.1. The van der Waals surface area contributed by atoms with Crippen LogP contribution in [0.4, 0.5) is 10.1 Å². The maximum atomic E-state index is 13.2. The third-order valence-corrected chi connectivity index (χ3v) is 5.05. The first kappa shape index (κ1) is 19.6. The SMILES string of the molecule is CCOc1cccc(CN2CCC(C(=O)Nc3ccc(F)c(Cl)c3)CC2)c1. The molecule has 0 aromatic heterocycles. The molecule has 0 aliphatic carbocycles. The Balaban J connectivity index is 1.50. The Morgan fingerprint density at radius 1 is 1.26 bits per heavy atom. The fraction of sp³-hybridized carbons (Fsp3) is 0.381. The van der Waals surface area contributed by atoms with Crippen LogP contribution in [0.1, 0.15) is 25.3 Å². The fourth-order valence-electron chi connectivity index (χ4n) is 3.33. The van der Waals surface area contributed by atoms with Crippen molar-refractivity contribution >= 4 is 23.2 Å². The highest BCUT2D eigenvalue weighted by molar-refractivity contribution is 6.31. The smallest absolute Gasteiger partial charge is 0.227 e. The number of halogens is 2. The van der Waals surface area contributed by atoms with Crippen LogP contribution < -0.4 is 10.1 Å². The summed E-state index contributed by atoms with van der Waals surface area (Å²) >= 11 is 5.77. The second-order valence-electron chi connectivity index (χ2n) is 6.75. The maximum Gasteiger partial charge on any atom is 0.227 e. The number of hydrogen-bond donors (Lipinski definition) is 1. The molecule has 6 heteroatoms. The van der Waals surface area contributed by atoms with Crippen molar-refractivity contribution in [3.05, 3.63) is 58.9 Å². The molecule has 1 amide bonds. The van der Waals surface area contributed by atoms with Crippen LogP contribution >= 0.6 is 11.6 Å². The van der Waals surface area contributed by atoms with Gasteiger partial charge in [-0.1, -0.05) is 23.7 Å². The Labute approximate surface area is 164 Å². The molecule has 1 heterocycles. The van der Waals surface area contributed by atoms with Gasteiger partial charge in [-0.2, -0.15) is 0 Å². The lowest BCUT2D eigenvalue weighted by molar-refractivity contribution is -0.121. The number of benzene rings is 2. The summed E-state index contributed by atoms with van der Waals surface area (Å²) in [6.45, 7) is 5.21. The zero-order valence-electron chi connectivity index (χ0n) is 15.4. The first-order chi connectivity index (χ1) is 13.0. The molecular weight excluding hydrogens is 367 g/mol. The number of carbonyl (C=O) groups excluding carboxylic acids is 1. The molecule has 1 saturated heterocycles. The van der Waals surface area contributed by atoms with Gasteiger partial charge in [0.05, 0.1) is 11.6 Å². The minimum atomic E-state index is -0.489. The number of anilines is 1. The lowest BCUT2D eigenvalue weighted by Crippen LogP contribution is -2.37. The topological polar surface area (TPSA) is 41.6 Å². The van der Waals surface area contributed by atoms with Gasteiger partial charge >= 0.3 is 0 Å². The molecule has 2 aromatic rings. The van der Waals surface area contributed by atoms with Crippen LogP contribution in [0.25, 0.3) is 0 Å². The van der Waals surface area contributed by atoms with Crippen molar-refractivity contribution in [1.29, 1.82) is 0 Å². The monoisotopic (exact) mass is 390 g/mol. The third kappa shape index (κ3) is 5.44. The number of carbonyl (C=O) groups is 1. The van der Waals surface area contributed by atoms with Crippen molar-refractivity contribution in [1.82, 2.24) is 4.90 Å². The van der Waals surface area contributed by atoms with Gasteiger partial charge in [-0.05, 0) is 68.8 Å². The van der Waals surface area contributed by atoms with Crippen molar-refractivity contribution in [2.45, 2.75) is 26.3 Å². The standard InChI is InChI=1S/C21H24ClFN2O2/c1-2-27-18-5-3-4-15(12-18)14-25-10-8-16(9-11-25)21(26)24-17-6-7-20(23)19(22)13-17/h3-7,12-13,16H,2,8-11,14H2,1H3,(H,24,26).